The van der Waals surface area contributed by atoms with Gasteiger partial charge in [-0.1, -0.05) is 84.9 Å². The minimum atomic E-state index is -1.03. The van der Waals surface area contributed by atoms with Crippen molar-refractivity contribution >= 4 is 17.7 Å². The van der Waals surface area contributed by atoms with E-state index in [-0.39, 0.29) is 6.42 Å². The molecule has 6 heteroatoms. The Balaban J connectivity index is 1.51. The van der Waals surface area contributed by atoms with Crippen molar-refractivity contribution in [1.29, 1.82) is 0 Å². The molecule has 5 rings (SSSR count). The van der Waals surface area contributed by atoms with Crippen LogP contribution in [0.15, 0.2) is 109 Å². The van der Waals surface area contributed by atoms with Crippen LogP contribution in [0.3, 0.4) is 0 Å². The number of hydrogen-bond acceptors (Lipinski definition) is 4. The summed E-state index contributed by atoms with van der Waals surface area (Å²) in [5, 5.41) is 3.13. The van der Waals surface area contributed by atoms with E-state index >= 15 is 0 Å². The van der Waals surface area contributed by atoms with Crippen LogP contribution >= 0.6 is 0 Å². The van der Waals surface area contributed by atoms with Crippen molar-refractivity contribution < 1.29 is 19.1 Å². The van der Waals surface area contributed by atoms with Gasteiger partial charge in [0.1, 0.15) is 11.8 Å². The highest BCUT2D eigenvalue weighted by Crippen LogP contribution is 2.28. The molecule has 37 heavy (non-hydrogen) atoms. The van der Waals surface area contributed by atoms with Gasteiger partial charge in [-0.15, -0.1) is 0 Å². The molecule has 0 bridgehead atoms. The van der Waals surface area contributed by atoms with Crippen molar-refractivity contribution in [2.24, 2.45) is 0 Å². The zero-order valence-electron chi connectivity index (χ0n) is 20.3. The molecule has 0 fully saturated rings. The Hall–Kier alpha value is -4.71. The molecule has 2 atom stereocenters. The number of hydrogen-bond donors (Lipinski definition) is 1. The molecular weight excluding hydrogens is 464 g/mol. The Labute approximate surface area is 215 Å². The summed E-state index contributed by atoms with van der Waals surface area (Å²) in [6.45, 7) is 0. The first-order valence-corrected chi connectivity index (χ1v) is 12.1. The lowest BCUT2D eigenvalue weighted by molar-refractivity contribution is -0.125. The number of carbonyl (C=O) groups is 3. The lowest BCUT2D eigenvalue weighted by atomic mass is 9.97. The number of ether oxygens (including phenoxy) is 1. The van der Waals surface area contributed by atoms with Crippen LogP contribution in [0.2, 0.25) is 0 Å². The molecule has 1 heterocycles. The number of nitrogens with zero attached hydrogens (tertiary/aromatic N) is 1. The Morgan fingerprint density at radius 2 is 1.24 bits per heavy atom. The molecule has 0 aliphatic carbocycles. The molecule has 184 valence electrons. The average Bonchev–Trinajstić information content (AvgIpc) is 3.21. The van der Waals surface area contributed by atoms with Crippen LogP contribution in [0.1, 0.15) is 43.4 Å². The van der Waals surface area contributed by atoms with Gasteiger partial charge in [-0.3, -0.25) is 19.3 Å². The van der Waals surface area contributed by atoms with Crippen molar-refractivity contribution in [3.05, 3.63) is 137 Å². The normalized spacial score (nSPS) is 14.1. The number of rotatable bonds is 8. The Kier molecular flexibility index (Phi) is 6.81. The second-order valence-corrected chi connectivity index (χ2v) is 8.86. The van der Waals surface area contributed by atoms with Crippen LogP contribution in [-0.2, 0) is 11.2 Å². The van der Waals surface area contributed by atoms with E-state index in [9.17, 15) is 14.4 Å². The predicted molar refractivity (Wildman–Crippen MR) is 140 cm³/mol. The Morgan fingerprint density at radius 1 is 0.730 bits per heavy atom. The average molecular weight is 491 g/mol. The first-order valence-electron chi connectivity index (χ1n) is 12.1. The fourth-order valence-electron chi connectivity index (χ4n) is 4.67. The van der Waals surface area contributed by atoms with Gasteiger partial charge in [-0.25, -0.2) is 0 Å². The first-order chi connectivity index (χ1) is 18.1. The summed E-state index contributed by atoms with van der Waals surface area (Å²) in [5.74, 6) is -0.632. The maximum absolute atomic E-state index is 14.0. The Bertz CT molecular complexity index is 1380. The molecule has 0 radical (unpaired) electrons. The third-order valence-corrected chi connectivity index (χ3v) is 6.58. The van der Waals surface area contributed by atoms with Gasteiger partial charge in [0.25, 0.3) is 11.8 Å². The fourth-order valence-corrected chi connectivity index (χ4v) is 4.67. The molecule has 0 saturated heterocycles. The number of methoxy groups -OCH3 is 1. The summed E-state index contributed by atoms with van der Waals surface area (Å²) in [6, 6.07) is 31.6. The number of imide groups is 1. The number of benzene rings is 4. The third kappa shape index (κ3) is 4.86. The van der Waals surface area contributed by atoms with Gasteiger partial charge in [0.05, 0.1) is 24.3 Å². The summed E-state index contributed by atoms with van der Waals surface area (Å²) < 4.78 is 5.29. The van der Waals surface area contributed by atoms with E-state index in [1.165, 1.54) is 0 Å². The van der Waals surface area contributed by atoms with Crippen molar-refractivity contribution in [2.75, 3.05) is 7.11 Å². The van der Waals surface area contributed by atoms with Crippen LogP contribution in [0, 0.1) is 0 Å². The molecular formula is C31H26N2O4. The van der Waals surface area contributed by atoms with Gasteiger partial charge >= 0.3 is 0 Å². The molecule has 1 N–H and O–H groups in total. The molecule has 4 aromatic carbocycles. The molecule has 0 spiro atoms. The van der Waals surface area contributed by atoms with Crippen LogP contribution in [-0.4, -0.2) is 35.8 Å². The van der Waals surface area contributed by atoms with E-state index in [0.717, 1.165) is 21.6 Å². The monoisotopic (exact) mass is 490 g/mol. The van der Waals surface area contributed by atoms with E-state index in [1.54, 1.807) is 31.4 Å². The van der Waals surface area contributed by atoms with Crippen LogP contribution < -0.4 is 10.1 Å². The van der Waals surface area contributed by atoms with Crippen LogP contribution in [0.25, 0.3) is 0 Å². The topological polar surface area (TPSA) is 75.7 Å². The van der Waals surface area contributed by atoms with E-state index in [2.05, 4.69) is 5.32 Å². The molecule has 4 aromatic rings. The number of amides is 3. The zero-order chi connectivity index (χ0) is 25.8. The highest BCUT2D eigenvalue weighted by molar-refractivity contribution is 6.22. The van der Waals surface area contributed by atoms with Gasteiger partial charge in [0.2, 0.25) is 5.91 Å². The maximum atomic E-state index is 14.0. The standard InChI is InChI=1S/C31H26N2O4/c1-37-24-18-16-23(17-19-24)28(22-12-6-3-7-13-22)32-29(34)27(20-21-10-4-2-5-11-21)33-30(35)25-14-8-9-15-26(25)31(33)36/h2-19,27-28H,20H2,1H3,(H,32,34). The number of carbonyl (C=O) groups excluding carboxylic acids is 3. The Morgan fingerprint density at radius 3 is 1.81 bits per heavy atom. The smallest absolute Gasteiger partial charge is 0.262 e. The lowest BCUT2D eigenvalue weighted by Crippen LogP contribution is -2.51. The highest BCUT2D eigenvalue weighted by Gasteiger charge is 2.43. The van der Waals surface area contributed by atoms with Gasteiger partial charge < -0.3 is 10.1 Å². The minimum absolute atomic E-state index is 0.197. The second-order valence-electron chi connectivity index (χ2n) is 8.86. The minimum Gasteiger partial charge on any atom is -0.497 e. The van der Waals surface area contributed by atoms with E-state index in [4.69, 9.17) is 4.74 Å². The van der Waals surface area contributed by atoms with E-state index in [1.807, 2.05) is 84.9 Å². The second kappa shape index (κ2) is 10.5. The molecule has 3 amide bonds. The summed E-state index contributed by atoms with van der Waals surface area (Å²) in [5.41, 5.74) is 3.20. The largest absolute Gasteiger partial charge is 0.497 e. The van der Waals surface area contributed by atoms with Crippen molar-refractivity contribution in [3.8, 4) is 5.75 Å². The lowest BCUT2D eigenvalue weighted by Gasteiger charge is -2.28. The summed E-state index contributed by atoms with van der Waals surface area (Å²) in [4.78, 5) is 41.8. The van der Waals surface area contributed by atoms with Crippen LogP contribution in [0.5, 0.6) is 5.75 Å². The predicted octanol–water partition coefficient (Wildman–Crippen LogP) is 4.81. The van der Waals surface area contributed by atoms with Gasteiger partial charge in [-0.2, -0.15) is 0 Å². The maximum Gasteiger partial charge on any atom is 0.262 e. The van der Waals surface area contributed by atoms with E-state index < -0.39 is 29.8 Å². The summed E-state index contributed by atoms with van der Waals surface area (Å²) >= 11 is 0. The van der Waals surface area contributed by atoms with Crippen molar-refractivity contribution in [3.63, 3.8) is 0 Å². The van der Waals surface area contributed by atoms with Gasteiger partial charge in [0, 0.05) is 6.42 Å². The quantitative estimate of drug-likeness (QED) is 0.360. The first kappa shape index (κ1) is 24.0. The number of nitrogens with one attached hydrogen (secondary N) is 1. The SMILES string of the molecule is COc1ccc(C(NC(=O)C(Cc2ccccc2)N2C(=O)c3ccccc3C2=O)c2ccccc2)cc1. The summed E-state index contributed by atoms with van der Waals surface area (Å²) in [6.07, 6.45) is 0.197. The molecule has 6 nitrogen and oxygen atoms in total. The molecule has 0 aromatic heterocycles. The van der Waals surface area contributed by atoms with Crippen LogP contribution in [0.4, 0.5) is 0 Å². The molecule has 2 unspecified atom stereocenters. The molecule has 1 aliphatic rings. The highest BCUT2D eigenvalue weighted by atomic mass is 16.5. The number of fused-ring (bicyclic) bond motifs is 1. The molecule has 1 aliphatic heterocycles. The fraction of sp³-hybridized carbons (Fsp3) is 0.129. The van der Waals surface area contributed by atoms with Gasteiger partial charge in [-0.05, 0) is 41.0 Å². The van der Waals surface area contributed by atoms with Gasteiger partial charge in [0.15, 0.2) is 0 Å². The molecule has 0 saturated carbocycles. The van der Waals surface area contributed by atoms with E-state index in [0.29, 0.717) is 16.9 Å². The zero-order valence-corrected chi connectivity index (χ0v) is 20.3. The van der Waals surface area contributed by atoms with Crippen molar-refractivity contribution in [1.82, 2.24) is 10.2 Å². The third-order valence-electron chi connectivity index (χ3n) is 6.58. The summed E-state index contributed by atoms with van der Waals surface area (Å²) in [7, 11) is 1.60. The van der Waals surface area contributed by atoms with Crippen molar-refractivity contribution in [2.45, 2.75) is 18.5 Å².